The van der Waals surface area contributed by atoms with E-state index in [1.165, 1.54) is 18.2 Å². The second kappa shape index (κ2) is 7.25. The molecule has 0 bridgehead atoms. The number of rotatable bonds is 3. The molecular formula is C23H18Cl2FNO3. The van der Waals surface area contributed by atoms with Crippen LogP contribution in [0.3, 0.4) is 0 Å². The van der Waals surface area contributed by atoms with E-state index in [4.69, 9.17) is 23.2 Å². The van der Waals surface area contributed by atoms with Gasteiger partial charge in [-0.05, 0) is 55.3 Å². The predicted molar refractivity (Wildman–Crippen MR) is 114 cm³/mol. The summed E-state index contributed by atoms with van der Waals surface area (Å²) in [5, 5.41) is 10.8. The van der Waals surface area contributed by atoms with Crippen LogP contribution in [0.15, 0.2) is 60.7 Å². The fourth-order valence-corrected chi connectivity index (χ4v) is 4.97. The summed E-state index contributed by atoms with van der Waals surface area (Å²) in [5.41, 5.74) is 0.187. The Morgan fingerprint density at radius 3 is 2.63 bits per heavy atom. The second-order valence-electron chi connectivity index (χ2n) is 7.69. The lowest BCUT2D eigenvalue weighted by Gasteiger charge is -2.40. The number of benzene rings is 2. The molecular weight excluding hydrogens is 428 g/mol. The molecule has 2 amide bonds. The predicted octanol–water partition coefficient (Wildman–Crippen LogP) is 5.63. The average Bonchev–Trinajstić information content (AvgIpc) is 2.91. The van der Waals surface area contributed by atoms with Gasteiger partial charge in [0.05, 0.1) is 22.0 Å². The minimum absolute atomic E-state index is 0.0254. The van der Waals surface area contributed by atoms with Crippen LogP contribution >= 0.6 is 23.2 Å². The molecule has 1 heterocycles. The van der Waals surface area contributed by atoms with Crippen molar-refractivity contribution in [2.45, 2.75) is 19.3 Å². The molecule has 0 aromatic heterocycles. The molecule has 1 aliphatic heterocycles. The van der Waals surface area contributed by atoms with Gasteiger partial charge in [-0.15, -0.1) is 0 Å². The van der Waals surface area contributed by atoms with Gasteiger partial charge in [0, 0.05) is 16.5 Å². The van der Waals surface area contributed by atoms with E-state index in [0.717, 1.165) is 16.5 Å². The molecule has 0 spiro atoms. The summed E-state index contributed by atoms with van der Waals surface area (Å²) < 4.78 is 13.6. The van der Waals surface area contributed by atoms with Crippen molar-refractivity contribution in [2.24, 2.45) is 11.3 Å². The molecule has 2 aromatic carbocycles. The first-order valence-corrected chi connectivity index (χ1v) is 10.1. The number of phenolic OH excluding ortho intramolecular Hbond substituents is 1. The smallest absolute Gasteiger partial charge is 0.241 e. The Morgan fingerprint density at radius 2 is 1.97 bits per heavy atom. The first-order valence-electron chi connectivity index (χ1n) is 9.34. The van der Waals surface area contributed by atoms with Gasteiger partial charge in [0.15, 0.2) is 0 Å². The zero-order valence-electron chi connectivity index (χ0n) is 16.0. The summed E-state index contributed by atoms with van der Waals surface area (Å²) in [6.07, 6.45) is 3.82. The normalized spacial score (nSPS) is 25.9. The summed E-state index contributed by atoms with van der Waals surface area (Å²) >= 11 is 12.1. The van der Waals surface area contributed by atoms with Crippen LogP contribution in [0.5, 0.6) is 5.75 Å². The van der Waals surface area contributed by atoms with Crippen molar-refractivity contribution >= 4 is 40.7 Å². The van der Waals surface area contributed by atoms with Gasteiger partial charge in [0.2, 0.25) is 11.8 Å². The summed E-state index contributed by atoms with van der Waals surface area (Å²) in [6, 6.07) is 8.35. The second-order valence-corrected chi connectivity index (χ2v) is 8.54. The molecule has 1 N–H and O–H groups in total. The molecule has 4 nitrogen and oxygen atoms in total. The van der Waals surface area contributed by atoms with E-state index in [9.17, 15) is 19.1 Å². The highest BCUT2D eigenvalue weighted by atomic mass is 35.5. The number of phenols is 1. The highest BCUT2D eigenvalue weighted by molar-refractivity contribution is 6.32. The van der Waals surface area contributed by atoms with E-state index in [0.29, 0.717) is 17.0 Å². The molecule has 1 aliphatic carbocycles. The zero-order valence-corrected chi connectivity index (χ0v) is 17.5. The van der Waals surface area contributed by atoms with Crippen LogP contribution in [0.25, 0.3) is 0 Å². The van der Waals surface area contributed by atoms with Gasteiger partial charge in [-0.2, -0.15) is 0 Å². The van der Waals surface area contributed by atoms with Crippen molar-refractivity contribution in [1.29, 1.82) is 0 Å². The molecule has 7 heteroatoms. The van der Waals surface area contributed by atoms with Crippen LogP contribution in [0, 0.1) is 17.2 Å². The standard InChI is InChI=1S/C23H18Cl2FNO3/c1-3-12-4-7-16-21(29)27(14-6-8-18(26)17(25)11-14)22(30)23(16,2)20(12)15-10-13(24)5-9-19(15)28/h3-6,8-11,16,20,28H,1,7H2,2H3. The number of halogens is 3. The van der Waals surface area contributed by atoms with Gasteiger partial charge in [0.1, 0.15) is 11.6 Å². The SMILES string of the molecule is C=CC1=CCC2C(=O)N(c3ccc(F)c(Cl)c3)C(=O)C2(C)C1c1cc(Cl)ccc1O. The van der Waals surface area contributed by atoms with Crippen LogP contribution in [-0.4, -0.2) is 16.9 Å². The number of nitrogens with zero attached hydrogens (tertiary/aromatic N) is 1. The van der Waals surface area contributed by atoms with Crippen molar-refractivity contribution in [3.05, 3.63) is 82.1 Å². The molecule has 3 unspecified atom stereocenters. The van der Waals surface area contributed by atoms with E-state index in [1.54, 1.807) is 25.1 Å². The number of amides is 2. The van der Waals surface area contributed by atoms with Crippen molar-refractivity contribution in [3.63, 3.8) is 0 Å². The van der Waals surface area contributed by atoms with Gasteiger partial charge in [-0.25, -0.2) is 9.29 Å². The van der Waals surface area contributed by atoms with Gasteiger partial charge in [-0.1, -0.05) is 41.9 Å². The number of imide groups is 1. The largest absolute Gasteiger partial charge is 0.508 e. The first-order chi connectivity index (χ1) is 14.2. The topological polar surface area (TPSA) is 57.6 Å². The fraction of sp³-hybridized carbons (Fsp3) is 0.217. The molecule has 30 heavy (non-hydrogen) atoms. The van der Waals surface area contributed by atoms with Gasteiger partial charge >= 0.3 is 0 Å². The third-order valence-electron chi connectivity index (χ3n) is 6.13. The molecule has 4 rings (SSSR count). The number of carbonyl (C=O) groups excluding carboxylic acids is 2. The maximum absolute atomic E-state index is 13.7. The molecule has 3 atom stereocenters. The molecule has 2 aromatic rings. The fourth-order valence-electron chi connectivity index (χ4n) is 4.62. The lowest BCUT2D eigenvalue weighted by molar-refractivity contribution is -0.127. The molecule has 1 saturated heterocycles. The van der Waals surface area contributed by atoms with Crippen LogP contribution < -0.4 is 4.90 Å². The van der Waals surface area contributed by atoms with Crippen molar-refractivity contribution in [1.82, 2.24) is 0 Å². The third-order valence-corrected chi connectivity index (χ3v) is 6.65. The summed E-state index contributed by atoms with van der Waals surface area (Å²) in [4.78, 5) is 28.1. The van der Waals surface area contributed by atoms with Gasteiger partial charge < -0.3 is 5.11 Å². The molecule has 154 valence electrons. The maximum atomic E-state index is 13.7. The highest BCUT2D eigenvalue weighted by Crippen LogP contribution is 2.58. The lowest BCUT2D eigenvalue weighted by Crippen LogP contribution is -2.41. The van der Waals surface area contributed by atoms with E-state index in [-0.39, 0.29) is 16.5 Å². The molecule has 1 fully saturated rings. The highest BCUT2D eigenvalue weighted by Gasteiger charge is 2.62. The number of allylic oxidation sites excluding steroid dienone is 3. The number of carbonyl (C=O) groups is 2. The third kappa shape index (κ3) is 2.88. The summed E-state index contributed by atoms with van der Waals surface area (Å²) in [6.45, 7) is 5.56. The number of hydrogen-bond donors (Lipinski definition) is 1. The Bertz CT molecular complexity index is 1130. The van der Waals surface area contributed by atoms with Crippen molar-refractivity contribution < 1.29 is 19.1 Å². The van der Waals surface area contributed by atoms with E-state index >= 15 is 0 Å². The molecule has 0 saturated carbocycles. The lowest BCUT2D eigenvalue weighted by atomic mass is 9.60. The van der Waals surface area contributed by atoms with E-state index < -0.39 is 34.9 Å². The van der Waals surface area contributed by atoms with E-state index in [1.807, 2.05) is 6.08 Å². The monoisotopic (exact) mass is 445 g/mol. The van der Waals surface area contributed by atoms with Crippen molar-refractivity contribution in [3.8, 4) is 5.75 Å². The Hall–Kier alpha value is -2.63. The Labute approximate surface area is 183 Å². The number of hydrogen-bond acceptors (Lipinski definition) is 3. The van der Waals surface area contributed by atoms with Crippen LogP contribution in [-0.2, 0) is 9.59 Å². The Balaban J connectivity index is 1.90. The number of aromatic hydroxyl groups is 1. The minimum atomic E-state index is -1.20. The Morgan fingerprint density at radius 1 is 1.23 bits per heavy atom. The zero-order chi connectivity index (χ0) is 21.8. The summed E-state index contributed by atoms with van der Waals surface area (Å²) in [5.74, 6) is -2.80. The van der Waals surface area contributed by atoms with Crippen LogP contribution in [0.2, 0.25) is 10.0 Å². The number of fused-ring (bicyclic) bond motifs is 1. The maximum Gasteiger partial charge on any atom is 0.241 e. The quantitative estimate of drug-likeness (QED) is 0.622. The molecule has 0 radical (unpaired) electrons. The number of anilines is 1. The van der Waals surface area contributed by atoms with Crippen LogP contribution in [0.1, 0.15) is 24.8 Å². The molecule has 2 aliphatic rings. The van der Waals surface area contributed by atoms with Crippen LogP contribution in [0.4, 0.5) is 10.1 Å². The van der Waals surface area contributed by atoms with E-state index in [2.05, 4.69) is 6.58 Å². The Kier molecular flexibility index (Phi) is 4.99. The average molecular weight is 446 g/mol. The first kappa shape index (κ1) is 20.6. The minimum Gasteiger partial charge on any atom is -0.508 e. The van der Waals surface area contributed by atoms with Gasteiger partial charge in [-0.3, -0.25) is 9.59 Å². The van der Waals surface area contributed by atoms with Crippen molar-refractivity contribution in [2.75, 3.05) is 4.90 Å². The van der Waals surface area contributed by atoms with Gasteiger partial charge in [0.25, 0.3) is 0 Å². The summed E-state index contributed by atoms with van der Waals surface area (Å²) in [7, 11) is 0.